The highest BCUT2D eigenvalue weighted by atomic mass is 16.5. The zero-order chi connectivity index (χ0) is 15.2. The van der Waals surface area contributed by atoms with E-state index in [1.807, 2.05) is 36.4 Å². The van der Waals surface area contributed by atoms with Crippen LogP contribution in [0.5, 0.6) is 5.75 Å². The Morgan fingerprint density at radius 1 is 1.19 bits per heavy atom. The van der Waals surface area contributed by atoms with Crippen molar-refractivity contribution in [3.63, 3.8) is 0 Å². The number of esters is 1. The largest absolute Gasteiger partial charge is 0.489 e. The van der Waals surface area contributed by atoms with Gasteiger partial charge in [0.1, 0.15) is 12.4 Å². The van der Waals surface area contributed by atoms with Crippen LogP contribution in [-0.2, 0) is 11.3 Å². The molecule has 0 heterocycles. The highest BCUT2D eigenvalue weighted by molar-refractivity contribution is 5.89. The minimum absolute atomic E-state index is 0.355. The van der Waals surface area contributed by atoms with Crippen LogP contribution in [0.25, 0.3) is 0 Å². The Bertz CT molecular complexity index is 602. The molecule has 1 N–H and O–H groups in total. The van der Waals surface area contributed by atoms with Crippen LogP contribution in [0.4, 0.5) is 0 Å². The molecule has 0 amide bonds. The Balaban J connectivity index is 2.00. The van der Waals surface area contributed by atoms with Gasteiger partial charge in [0.2, 0.25) is 0 Å². The summed E-state index contributed by atoms with van der Waals surface area (Å²) in [7, 11) is 1.36. The van der Waals surface area contributed by atoms with Gasteiger partial charge in [-0.15, -0.1) is 0 Å². The highest BCUT2D eigenvalue weighted by Gasteiger charge is 2.05. The van der Waals surface area contributed by atoms with Crippen molar-refractivity contribution in [2.24, 2.45) is 0 Å². The van der Waals surface area contributed by atoms with Gasteiger partial charge >= 0.3 is 5.97 Å². The lowest BCUT2D eigenvalue weighted by Crippen LogP contribution is -2.02. The van der Waals surface area contributed by atoms with Gasteiger partial charge in [-0.2, -0.15) is 0 Å². The third-order valence-electron chi connectivity index (χ3n) is 3.12. The number of aliphatic hydroxyl groups excluding tert-OH is 1. The predicted octanol–water partition coefficient (Wildman–Crippen LogP) is 3.11. The Kier molecular flexibility index (Phi) is 4.95. The fourth-order valence-electron chi connectivity index (χ4n) is 1.89. The first kappa shape index (κ1) is 15.1. The second-order valence-electron chi connectivity index (χ2n) is 4.73. The van der Waals surface area contributed by atoms with Crippen LogP contribution in [0.15, 0.2) is 48.5 Å². The van der Waals surface area contributed by atoms with Crippen LogP contribution < -0.4 is 4.74 Å². The minimum atomic E-state index is -0.520. The molecule has 0 aromatic heterocycles. The Labute approximate surface area is 123 Å². The lowest BCUT2D eigenvalue weighted by Gasteiger charge is -2.10. The smallest absolute Gasteiger partial charge is 0.337 e. The van der Waals surface area contributed by atoms with E-state index in [0.717, 1.165) is 11.1 Å². The molecule has 110 valence electrons. The van der Waals surface area contributed by atoms with Crippen molar-refractivity contribution in [3.8, 4) is 5.75 Å². The van der Waals surface area contributed by atoms with Crippen LogP contribution in [0, 0.1) is 0 Å². The summed E-state index contributed by atoms with van der Waals surface area (Å²) in [6.45, 7) is 2.11. The summed E-state index contributed by atoms with van der Waals surface area (Å²) in [4.78, 5) is 11.3. The number of carbonyl (C=O) groups is 1. The zero-order valence-electron chi connectivity index (χ0n) is 12.1. The number of hydrogen-bond acceptors (Lipinski definition) is 4. The molecular weight excluding hydrogens is 268 g/mol. The normalized spacial score (nSPS) is 11.8. The van der Waals surface area contributed by atoms with E-state index >= 15 is 0 Å². The van der Waals surface area contributed by atoms with Crippen LogP contribution in [0.3, 0.4) is 0 Å². The molecule has 21 heavy (non-hydrogen) atoms. The van der Waals surface area contributed by atoms with Crippen molar-refractivity contribution in [3.05, 3.63) is 65.2 Å². The average molecular weight is 286 g/mol. The van der Waals surface area contributed by atoms with E-state index in [9.17, 15) is 9.90 Å². The van der Waals surface area contributed by atoms with Gasteiger partial charge in [-0.25, -0.2) is 4.79 Å². The number of hydrogen-bond donors (Lipinski definition) is 1. The topological polar surface area (TPSA) is 55.8 Å². The number of ether oxygens (including phenoxy) is 2. The molecule has 0 aliphatic heterocycles. The number of benzene rings is 2. The van der Waals surface area contributed by atoms with Gasteiger partial charge in [0, 0.05) is 0 Å². The van der Waals surface area contributed by atoms with E-state index in [1.165, 1.54) is 7.11 Å². The molecule has 0 aliphatic carbocycles. The quantitative estimate of drug-likeness (QED) is 0.858. The molecule has 1 atom stereocenters. The zero-order valence-corrected chi connectivity index (χ0v) is 12.1. The molecule has 4 nitrogen and oxygen atoms in total. The Morgan fingerprint density at radius 2 is 1.90 bits per heavy atom. The molecule has 1 unspecified atom stereocenters. The summed E-state index contributed by atoms with van der Waals surface area (Å²) in [5, 5.41) is 9.54. The lowest BCUT2D eigenvalue weighted by atomic mass is 10.1. The first-order valence-corrected chi connectivity index (χ1v) is 6.68. The third-order valence-corrected chi connectivity index (χ3v) is 3.12. The highest BCUT2D eigenvalue weighted by Crippen LogP contribution is 2.20. The first-order chi connectivity index (χ1) is 10.1. The van der Waals surface area contributed by atoms with E-state index in [2.05, 4.69) is 4.74 Å². The van der Waals surface area contributed by atoms with Gasteiger partial charge in [0.25, 0.3) is 0 Å². The Morgan fingerprint density at radius 3 is 2.52 bits per heavy atom. The van der Waals surface area contributed by atoms with Crippen molar-refractivity contribution < 1.29 is 19.4 Å². The third kappa shape index (κ3) is 4.07. The number of carbonyl (C=O) groups excluding carboxylic acids is 1. The fraction of sp³-hybridized carbons (Fsp3) is 0.235. The number of rotatable bonds is 5. The average Bonchev–Trinajstić information content (AvgIpc) is 2.53. The van der Waals surface area contributed by atoms with Crippen LogP contribution in [0.2, 0.25) is 0 Å². The van der Waals surface area contributed by atoms with Crippen molar-refractivity contribution in [1.82, 2.24) is 0 Å². The first-order valence-electron chi connectivity index (χ1n) is 6.68. The summed E-state index contributed by atoms with van der Waals surface area (Å²) in [6.07, 6.45) is -0.520. The summed E-state index contributed by atoms with van der Waals surface area (Å²) in [6, 6.07) is 14.4. The molecule has 2 aromatic rings. The number of methoxy groups -OCH3 is 1. The van der Waals surface area contributed by atoms with Gasteiger partial charge in [-0.3, -0.25) is 0 Å². The predicted molar refractivity (Wildman–Crippen MR) is 79.2 cm³/mol. The molecule has 2 rings (SSSR count). The minimum Gasteiger partial charge on any atom is -0.489 e. The maximum absolute atomic E-state index is 11.3. The van der Waals surface area contributed by atoms with Crippen molar-refractivity contribution >= 4 is 5.97 Å². The van der Waals surface area contributed by atoms with Crippen molar-refractivity contribution in [2.45, 2.75) is 19.6 Å². The van der Waals surface area contributed by atoms with Crippen LogP contribution >= 0.6 is 0 Å². The summed E-state index contributed by atoms with van der Waals surface area (Å²) >= 11 is 0. The van der Waals surface area contributed by atoms with Gasteiger partial charge in [-0.05, 0) is 42.3 Å². The van der Waals surface area contributed by atoms with Crippen LogP contribution in [-0.4, -0.2) is 18.2 Å². The summed E-state index contributed by atoms with van der Waals surface area (Å²) in [5.41, 5.74) is 2.27. The fourth-order valence-corrected chi connectivity index (χ4v) is 1.89. The molecule has 0 saturated carbocycles. The summed E-state index contributed by atoms with van der Waals surface area (Å²) < 4.78 is 10.3. The van der Waals surface area contributed by atoms with Gasteiger partial charge < -0.3 is 14.6 Å². The molecule has 0 saturated heterocycles. The van der Waals surface area contributed by atoms with E-state index < -0.39 is 6.10 Å². The van der Waals surface area contributed by atoms with Gasteiger partial charge in [-0.1, -0.05) is 24.3 Å². The molecule has 0 aliphatic rings. The van der Waals surface area contributed by atoms with Gasteiger partial charge in [0.15, 0.2) is 0 Å². The molecule has 0 radical (unpaired) electrons. The lowest BCUT2D eigenvalue weighted by molar-refractivity contribution is 0.0600. The van der Waals surface area contributed by atoms with E-state index in [0.29, 0.717) is 17.9 Å². The van der Waals surface area contributed by atoms with Crippen molar-refractivity contribution in [2.75, 3.05) is 7.11 Å². The van der Waals surface area contributed by atoms with E-state index in [-0.39, 0.29) is 5.97 Å². The van der Waals surface area contributed by atoms with E-state index in [4.69, 9.17) is 4.74 Å². The second kappa shape index (κ2) is 6.90. The molecule has 2 aromatic carbocycles. The summed E-state index contributed by atoms with van der Waals surface area (Å²) in [5.74, 6) is 0.345. The SMILES string of the molecule is COC(=O)c1ccc(COc2cccc(C(C)O)c2)cc1. The Hall–Kier alpha value is -2.33. The number of aliphatic hydroxyl groups is 1. The van der Waals surface area contributed by atoms with Crippen LogP contribution in [0.1, 0.15) is 34.5 Å². The maximum Gasteiger partial charge on any atom is 0.337 e. The monoisotopic (exact) mass is 286 g/mol. The molecule has 0 fully saturated rings. The van der Waals surface area contributed by atoms with Gasteiger partial charge in [0.05, 0.1) is 18.8 Å². The molecule has 4 heteroatoms. The molecule has 0 spiro atoms. The maximum atomic E-state index is 11.3. The molecular formula is C17H18O4. The van der Waals surface area contributed by atoms with Crippen molar-refractivity contribution in [1.29, 1.82) is 0 Å². The second-order valence-corrected chi connectivity index (χ2v) is 4.73. The molecule has 0 bridgehead atoms. The standard InChI is InChI=1S/C17H18O4/c1-12(18)15-4-3-5-16(10-15)21-11-13-6-8-14(9-7-13)17(19)20-2/h3-10,12,18H,11H2,1-2H3. The van der Waals surface area contributed by atoms with E-state index in [1.54, 1.807) is 19.1 Å².